The van der Waals surface area contributed by atoms with E-state index in [-0.39, 0.29) is 17.8 Å². The quantitative estimate of drug-likeness (QED) is 0.503. The van der Waals surface area contributed by atoms with Crippen molar-refractivity contribution in [3.05, 3.63) is 30.1 Å². The van der Waals surface area contributed by atoms with E-state index < -0.39 is 0 Å². The third-order valence-electron chi connectivity index (χ3n) is 2.04. The number of aromatic nitrogens is 2. The number of carbonyl (C=O) groups is 1. The van der Waals surface area contributed by atoms with Gasteiger partial charge in [0.25, 0.3) is 0 Å². The summed E-state index contributed by atoms with van der Waals surface area (Å²) < 4.78 is 0. The molecule has 1 aromatic carbocycles. The molecule has 0 saturated heterocycles. The van der Waals surface area contributed by atoms with Crippen LogP contribution in [0.2, 0.25) is 6.32 Å². The summed E-state index contributed by atoms with van der Waals surface area (Å²) in [6.45, 7) is 0. The number of hydrogen-bond acceptors (Lipinski definition) is 3. The molecule has 2 rings (SSSR count). The molecule has 1 heterocycles. The van der Waals surface area contributed by atoms with E-state index in [1.165, 1.54) is 6.20 Å². The molecule has 0 N–H and O–H groups in total. The van der Waals surface area contributed by atoms with E-state index >= 15 is 0 Å². The van der Waals surface area contributed by atoms with Gasteiger partial charge >= 0.3 is 0 Å². The Morgan fingerprint density at radius 3 is 2.87 bits per heavy atom. The Kier molecular flexibility index (Phi) is 2.54. The third-order valence-corrected chi connectivity index (χ3v) is 2.04. The van der Waals surface area contributed by atoms with E-state index in [9.17, 15) is 4.79 Å². The maximum atomic E-state index is 11.3. The van der Waals surface area contributed by atoms with E-state index in [0.29, 0.717) is 16.5 Å². The molecule has 5 heteroatoms. The Labute approximate surface area is 89.7 Å². The van der Waals surface area contributed by atoms with E-state index in [2.05, 4.69) is 9.97 Å². The fraction of sp³-hybridized carbons (Fsp3) is 0.100. The van der Waals surface area contributed by atoms with Gasteiger partial charge in [0.2, 0.25) is 0 Å². The fourth-order valence-electron chi connectivity index (χ4n) is 1.27. The second kappa shape index (κ2) is 3.85. The molecule has 3 nitrogen and oxygen atoms in total. The highest BCUT2D eigenvalue weighted by Crippen LogP contribution is 2.08. The van der Waals surface area contributed by atoms with Crippen molar-refractivity contribution in [2.75, 3.05) is 0 Å². The Morgan fingerprint density at radius 2 is 2.13 bits per heavy atom. The molecule has 0 spiro atoms. The van der Waals surface area contributed by atoms with E-state index in [1.807, 2.05) is 0 Å². The van der Waals surface area contributed by atoms with Crippen molar-refractivity contribution >= 4 is 38.0 Å². The highest BCUT2D eigenvalue weighted by atomic mass is 16.1. The Morgan fingerprint density at radius 1 is 1.33 bits per heavy atom. The first kappa shape index (κ1) is 9.90. The summed E-state index contributed by atoms with van der Waals surface area (Å²) in [6.07, 6.45) is 1.35. The van der Waals surface area contributed by atoms with Crippen LogP contribution in [-0.4, -0.2) is 31.4 Å². The lowest BCUT2D eigenvalue weighted by Crippen LogP contribution is -2.05. The van der Waals surface area contributed by atoms with Crippen LogP contribution in [0.15, 0.2) is 24.4 Å². The first-order chi connectivity index (χ1) is 7.20. The van der Waals surface area contributed by atoms with Crippen LogP contribution in [0.5, 0.6) is 0 Å². The molecule has 0 atom stereocenters. The molecule has 68 valence electrons. The summed E-state index contributed by atoms with van der Waals surface area (Å²) in [5, 5.41) is 0. The largest absolute Gasteiger partial charge is 0.293 e. The molecule has 0 aliphatic carbocycles. The van der Waals surface area contributed by atoms with E-state index in [1.54, 1.807) is 18.2 Å². The molecule has 0 aliphatic heterocycles. The lowest BCUT2D eigenvalue weighted by Gasteiger charge is -2.01. The van der Waals surface area contributed by atoms with Gasteiger partial charge in [-0.05, 0) is 18.5 Å². The third kappa shape index (κ3) is 1.91. The van der Waals surface area contributed by atoms with Crippen molar-refractivity contribution < 1.29 is 4.79 Å². The molecule has 0 unspecified atom stereocenters. The van der Waals surface area contributed by atoms with Crippen molar-refractivity contribution in [2.24, 2.45) is 0 Å². The maximum Gasteiger partial charge on any atom is 0.174 e. The zero-order chi connectivity index (χ0) is 10.8. The van der Waals surface area contributed by atoms with Crippen molar-refractivity contribution in [3.8, 4) is 0 Å². The van der Waals surface area contributed by atoms with E-state index in [0.717, 1.165) is 0 Å². The van der Waals surface area contributed by atoms with Crippen molar-refractivity contribution in [3.63, 3.8) is 0 Å². The van der Waals surface area contributed by atoms with Gasteiger partial charge in [-0.3, -0.25) is 9.78 Å². The topological polar surface area (TPSA) is 42.9 Å². The van der Waals surface area contributed by atoms with Gasteiger partial charge in [-0.2, -0.15) is 0 Å². The van der Waals surface area contributed by atoms with Gasteiger partial charge in [0, 0.05) is 0 Å². The van der Waals surface area contributed by atoms with Crippen molar-refractivity contribution in [2.45, 2.75) is 6.32 Å². The summed E-state index contributed by atoms with van der Waals surface area (Å²) in [5.41, 5.74) is 2.22. The van der Waals surface area contributed by atoms with Gasteiger partial charge in [0.05, 0.1) is 25.1 Å². The van der Waals surface area contributed by atoms with Crippen LogP contribution in [0, 0.1) is 0 Å². The summed E-state index contributed by atoms with van der Waals surface area (Å²) >= 11 is 0. The molecule has 2 aromatic rings. The monoisotopic (exact) mass is 192 g/mol. The van der Waals surface area contributed by atoms with Gasteiger partial charge in [0.15, 0.2) is 5.78 Å². The SMILES string of the molecule is [B]CC(=O)c1cnc2cc([B])ccc2n1. The second-order valence-corrected chi connectivity index (χ2v) is 3.13. The van der Waals surface area contributed by atoms with Gasteiger partial charge < -0.3 is 0 Å². The first-order valence-electron chi connectivity index (χ1n) is 4.46. The molecule has 1 aromatic heterocycles. The normalized spacial score (nSPS) is 10.4. The molecule has 0 saturated carbocycles. The number of hydrogen-bond donors (Lipinski definition) is 0. The molecule has 0 amide bonds. The maximum absolute atomic E-state index is 11.3. The van der Waals surface area contributed by atoms with Crippen molar-refractivity contribution in [1.29, 1.82) is 0 Å². The molecule has 15 heavy (non-hydrogen) atoms. The van der Waals surface area contributed by atoms with Crippen LogP contribution in [0.3, 0.4) is 0 Å². The number of nitrogens with zero attached hydrogens (tertiary/aromatic N) is 2. The summed E-state index contributed by atoms with van der Waals surface area (Å²) in [7, 11) is 10.8. The minimum absolute atomic E-state index is 0.0604. The fourth-order valence-corrected chi connectivity index (χ4v) is 1.27. The van der Waals surface area contributed by atoms with Crippen LogP contribution in [0.25, 0.3) is 11.0 Å². The number of fused-ring (bicyclic) bond motifs is 1. The minimum Gasteiger partial charge on any atom is -0.293 e. The smallest absolute Gasteiger partial charge is 0.174 e. The van der Waals surface area contributed by atoms with Gasteiger partial charge in [-0.15, -0.1) is 0 Å². The number of Topliss-reactive ketones (excluding diaryl/α,β-unsaturated/α-hetero) is 1. The zero-order valence-corrected chi connectivity index (χ0v) is 7.97. The summed E-state index contributed by atoms with van der Waals surface area (Å²) in [6, 6.07) is 5.15. The average molecular weight is 192 g/mol. The second-order valence-electron chi connectivity index (χ2n) is 3.13. The summed E-state index contributed by atoms with van der Waals surface area (Å²) in [4.78, 5) is 19.5. The van der Waals surface area contributed by atoms with Gasteiger partial charge in [0.1, 0.15) is 13.5 Å². The highest BCUT2D eigenvalue weighted by molar-refractivity contribution is 6.33. The Hall–Kier alpha value is -1.64. The Balaban J connectivity index is 2.57. The number of carbonyl (C=O) groups excluding carboxylic acids is 1. The van der Waals surface area contributed by atoms with Gasteiger partial charge in [-0.1, -0.05) is 11.5 Å². The lowest BCUT2D eigenvalue weighted by atomic mass is 9.96. The van der Waals surface area contributed by atoms with Crippen LogP contribution < -0.4 is 5.46 Å². The average Bonchev–Trinajstić information content (AvgIpc) is 2.27. The van der Waals surface area contributed by atoms with Gasteiger partial charge in [-0.25, -0.2) is 4.98 Å². The van der Waals surface area contributed by atoms with Crippen LogP contribution in [-0.2, 0) is 0 Å². The summed E-state index contributed by atoms with van der Waals surface area (Å²) in [5.74, 6) is -0.221. The Bertz CT molecular complexity index is 528. The first-order valence-corrected chi connectivity index (χ1v) is 4.46. The molecular formula is C10H6B2N2O. The molecule has 0 fully saturated rings. The predicted molar refractivity (Wildman–Crippen MR) is 59.8 cm³/mol. The number of benzene rings is 1. The number of ketones is 1. The number of rotatable bonds is 2. The van der Waals surface area contributed by atoms with Crippen LogP contribution in [0.4, 0.5) is 0 Å². The zero-order valence-electron chi connectivity index (χ0n) is 7.97. The standard InChI is InChI=1S/C10H6B2N2O/c11-4-10(15)9-5-13-8-3-6(12)1-2-7(8)14-9/h1-3,5H,4H2. The minimum atomic E-state index is -0.221. The van der Waals surface area contributed by atoms with E-state index in [4.69, 9.17) is 15.7 Å². The lowest BCUT2D eigenvalue weighted by molar-refractivity contribution is 0.101. The molecule has 4 radical (unpaired) electrons. The van der Waals surface area contributed by atoms with Crippen molar-refractivity contribution in [1.82, 2.24) is 9.97 Å². The molecule has 0 aliphatic rings. The van der Waals surface area contributed by atoms with Crippen LogP contribution >= 0.6 is 0 Å². The van der Waals surface area contributed by atoms with Crippen LogP contribution in [0.1, 0.15) is 10.5 Å². The predicted octanol–water partition coefficient (Wildman–Crippen LogP) is 0.193. The highest BCUT2D eigenvalue weighted by Gasteiger charge is 2.06. The molecule has 0 bridgehead atoms. The molecular weight excluding hydrogens is 186 g/mol.